The van der Waals surface area contributed by atoms with E-state index in [4.69, 9.17) is 9.15 Å². The zero-order valence-electron chi connectivity index (χ0n) is 10.4. The molecule has 0 radical (unpaired) electrons. The number of ether oxygens (including phenoxy) is 1. The van der Waals surface area contributed by atoms with Crippen LogP contribution >= 0.6 is 0 Å². The van der Waals surface area contributed by atoms with E-state index >= 15 is 0 Å². The van der Waals surface area contributed by atoms with Crippen LogP contribution in [0.2, 0.25) is 0 Å². The topological polar surface area (TPSA) is 60.2 Å². The highest BCUT2D eigenvalue weighted by atomic mass is 19.3. The van der Waals surface area contributed by atoms with Gasteiger partial charge in [0, 0.05) is 12.6 Å². The zero-order chi connectivity index (χ0) is 13.1. The monoisotopic (exact) mass is 261 g/mol. The van der Waals surface area contributed by atoms with Crippen LogP contribution in [-0.2, 0) is 4.74 Å². The molecule has 1 aromatic rings. The van der Waals surface area contributed by atoms with E-state index in [1.807, 2.05) is 0 Å². The fourth-order valence-electron chi connectivity index (χ4n) is 1.98. The summed E-state index contributed by atoms with van der Waals surface area (Å²) in [4.78, 5) is 0. The van der Waals surface area contributed by atoms with Gasteiger partial charge in [0.2, 0.25) is 0 Å². The van der Waals surface area contributed by atoms with Gasteiger partial charge in [0.25, 0.3) is 5.89 Å². The summed E-state index contributed by atoms with van der Waals surface area (Å²) < 4.78 is 35.0. The molecule has 1 aliphatic heterocycles. The third-order valence-electron chi connectivity index (χ3n) is 3.01. The van der Waals surface area contributed by atoms with Crippen molar-refractivity contribution in [3.05, 3.63) is 5.89 Å². The minimum absolute atomic E-state index is 0.0553. The summed E-state index contributed by atoms with van der Waals surface area (Å²) in [5, 5.41) is 9.82. The van der Waals surface area contributed by atoms with Gasteiger partial charge >= 0.3 is 12.4 Å². The number of aromatic nitrogens is 2. The second-order valence-electron chi connectivity index (χ2n) is 4.77. The quantitative estimate of drug-likeness (QED) is 0.902. The van der Waals surface area contributed by atoms with Crippen molar-refractivity contribution in [1.29, 1.82) is 0 Å². The number of anilines is 1. The van der Waals surface area contributed by atoms with E-state index in [2.05, 4.69) is 29.4 Å². The summed E-state index contributed by atoms with van der Waals surface area (Å²) in [6, 6.07) is 0.178. The lowest BCUT2D eigenvalue weighted by molar-refractivity contribution is -0.0163. The number of nitrogens with zero attached hydrogens (tertiary/aromatic N) is 2. The van der Waals surface area contributed by atoms with Crippen molar-refractivity contribution in [2.24, 2.45) is 5.92 Å². The lowest BCUT2D eigenvalue weighted by Gasteiger charge is -2.31. The highest BCUT2D eigenvalue weighted by Crippen LogP contribution is 2.24. The Labute approximate surface area is 104 Å². The number of halogens is 2. The van der Waals surface area contributed by atoms with Crippen LogP contribution in [0, 0.1) is 5.92 Å². The van der Waals surface area contributed by atoms with Crippen molar-refractivity contribution in [1.82, 2.24) is 10.2 Å². The number of rotatable bonds is 4. The van der Waals surface area contributed by atoms with Crippen LogP contribution in [0.5, 0.6) is 0 Å². The molecule has 1 fully saturated rings. The van der Waals surface area contributed by atoms with Gasteiger partial charge in [-0.25, -0.2) is 0 Å². The summed E-state index contributed by atoms with van der Waals surface area (Å²) in [5.74, 6) is -0.223. The highest BCUT2D eigenvalue weighted by molar-refractivity contribution is 5.20. The highest BCUT2D eigenvalue weighted by Gasteiger charge is 2.26. The van der Waals surface area contributed by atoms with Crippen LogP contribution in [0.15, 0.2) is 4.42 Å². The van der Waals surface area contributed by atoms with Crippen LogP contribution in [0.1, 0.15) is 39.0 Å². The summed E-state index contributed by atoms with van der Waals surface area (Å²) in [5.41, 5.74) is 0. The van der Waals surface area contributed by atoms with Crippen LogP contribution in [0.3, 0.4) is 0 Å². The molecule has 1 aliphatic rings. The predicted molar refractivity (Wildman–Crippen MR) is 60.5 cm³/mol. The van der Waals surface area contributed by atoms with E-state index in [0.29, 0.717) is 12.5 Å². The van der Waals surface area contributed by atoms with E-state index < -0.39 is 12.3 Å². The van der Waals surface area contributed by atoms with Crippen molar-refractivity contribution in [3.8, 4) is 0 Å². The molecule has 18 heavy (non-hydrogen) atoms. The summed E-state index contributed by atoms with van der Waals surface area (Å²) in [7, 11) is 0. The Balaban J connectivity index is 1.92. The van der Waals surface area contributed by atoms with Crippen LogP contribution in [-0.4, -0.2) is 29.0 Å². The van der Waals surface area contributed by atoms with E-state index in [9.17, 15) is 8.78 Å². The first-order chi connectivity index (χ1) is 8.56. The van der Waals surface area contributed by atoms with Crippen molar-refractivity contribution >= 4 is 6.01 Å². The third-order valence-corrected chi connectivity index (χ3v) is 3.01. The number of nitrogens with one attached hydrogen (secondary N) is 1. The van der Waals surface area contributed by atoms with Crippen molar-refractivity contribution in [2.75, 3.05) is 11.9 Å². The van der Waals surface area contributed by atoms with Gasteiger partial charge in [-0.05, 0) is 18.8 Å². The molecule has 0 bridgehead atoms. The van der Waals surface area contributed by atoms with Gasteiger partial charge in [0.05, 0.1) is 6.10 Å². The van der Waals surface area contributed by atoms with E-state index in [-0.39, 0.29) is 18.2 Å². The van der Waals surface area contributed by atoms with Crippen LogP contribution < -0.4 is 5.32 Å². The molecule has 2 atom stereocenters. The van der Waals surface area contributed by atoms with Gasteiger partial charge in [0.1, 0.15) is 0 Å². The van der Waals surface area contributed by atoms with Crippen LogP contribution in [0.25, 0.3) is 0 Å². The van der Waals surface area contributed by atoms with Gasteiger partial charge in [-0.1, -0.05) is 18.9 Å². The lowest BCUT2D eigenvalue weighted by Crippen LogP contribution is -2.36. The molecule has 1 N–H and O–H groups in total. The number of hydrogen-bond donors (Lipinski definition) is 1. The summed E-state index contributed by atoms with van der Waals surface area (Å²) in [6.45, 7) is 4.83. The molecule has 0 aromatic carbocycles. The van der Waals surface area contributed by atoms with Crippen LogP contribution in [0.4, 0.5) is 14.8 Å². The second kappa shape index (κ2) is 5.60. The maximum atomic E-state index is 12.3. The standard InChI is InChI=1S/C11H17F2N3O2/c1-6(2)8-5-7(3-4-17-8)14-11-16-15-10(18-11)9(12)13/h6-9H,3-5H2,1-2H3,(H,14,16)/t7-,8+/m1/s1. The average Bonchev–Trinajstić information content (AvgIpc) is 2.78. The smallest absolute Gasteiger partial charge is 0.315 e. The fraction of sp³-hybridized carbons (Fsp3) is 0.818. The second-order valence-corrected chi connectivity index (χ2v) is 4.77. The third kappa shape index (κ3) is 3.16. The molecule has 2 heterocycles. The SMILES string of the molecule is CC(C)[C@@H]1C[C@H](Nc2nnc(C(F)F)o2)CCO1. The molecule has 0 amide bonds. The molecule has 1 aromatic heterocycles. The molecule has 2 rings (SSSR count). The molecule has 1 saturated heterocycles. The molecule has 0 aliphatic carbocycles. The molecule has 5 nitrogen and oxygen atoms in total. The minimum Gasteiger partial charge on any atom is -0.402 e. The van der Waals surface area contributed by atoms with E-state index in [0.717, 1.165) is 12.8 Å². The molecule has 7 heteroatoms. The Bertz CT molecular complexity index is 384. The zero-order valence-corrected chi connectivity index (χ0v) is 10.4. The Kier molecular flexibility index (Phi) is 4.11. The first kappa shape index (κ1) is 13.2. The maximum Gasteiger partial charge on any atom is 0.315 e. The van der Waals surface area contributed by atoms with Crippen molar-refractivity contribution < 1.29 is 17.9 Å². The van der Waals surface area contributed by atoms with Crippen molar-refractivity contribution in [3.63, 3.8) is 0 Å². The minimum atomic E-state index is -2.73. The first-order valence-electron chi connectivity index (χ1n) is 6.06. The van der Waals surface area contributed by atoms with Gasteiger partial charge < -0.3 is 14.5 Å². The van der Waals surface area contributed by atoms with Gasteiger partial charge in [0.15, 0.2) is 0 Å². The normalized spacial score (nSPS) is 24.8. The molecular weight excluding hydrogens is 244 g/mol. The molecule has 0 spiro atoms. The first-order valence-corrected chi connectivity index (χ1v) is 6.06. The van der Waals surface area contributed by atoms with Crippen molar-refractivity contribution in [2.45, 2.75) is 45.3 Å². The molecule has 0 saturated carbocycles. The number of alkyl halides is 2. The molecule has 102 valence electrons. The summed E-state index contributed by atoms with van der Waals surface area (Å²) in [6.07, 6.45) is -0.945. The van der Waals surface area contributed by atoms with E-state index in [1.165, 1.54) is 0 Å². The van der Waals surface area contributed by atoms with E-state index in [1.54, 1.807) is 0 Å². The number of hydrogen-bond acceptors (Lipinski definition) is 5. The lowest BCUT2D eigenvalue weighted by atomic mass is 9.95. The Hall–Kier alpha value is -1.24. The van der Waals surface area contributed by atoms with Gasteiger partial charge in [-0.15, -0.1) is 5.10 Å². The van der Waals surface area contributed by atoms with Gasteiger partial charge in [-0.2, -0.15) is 8.78 Å². The Morgan fingerprint density at radius 2 is 2.11 bits per heavy atom. The largest absolute Gasteiger partial charge is 0.402 e. The predicted octanol–water partition coefficient (Wildman–Crippen LogP) is 2.62. The Morgan fingerprint density at radius 3 is 2.72 bits per heavy atom. The fourth-order valence-corrected chi connectivity index (χ4v) is 1.98. The summed E-state index contributed by atoms with van der Waals surface area (Å²) >= 11 is 0. The Morgan fingerprint density at radius 1 is 1.33 bits per heavy atom. The molecular formula is C11H17F2N3O2. The van der Waals surface area contributed by atoms with Gasteiger partial charge in [-0.3, -0.25) is 0 Å². The molecule has 0 unspecified atom stereocenters. The average molecular weight is 261 g/mol. The maximum absolute atomic E-state index is 12.3.